The summed E-state index contributed by atoms with van der Waals surface area (Å²) in [5.74, 6) is 1.25. The molecule has 0 unspecified atom stereocenters. The lowest BCUT2D eigenvalue weighted by atomic mass is 9.97. The Morgan fingerprint density at radius 1 is 1.21 bits per heavy atom. The number of rotatable bonds is 4. The molecule has 0 N–H and O–H groups in total. The smallest absolute Gasteiger partial charge is 0.263 e. The molecule has 0 spiro atoms. The summed E-state index contributed by atoms with van der Waals surface area (Å²) in [7, 11) is 0. The molecule has 0 bridgehead atoms. The number of nitrogens with zero attached hydrogens (tertiary/aromatic N) is 4. The van der Waals surface area contributed by atoms with Crippen LogP contribution in [0.2, 0.25) is 10.0 Å². The molecule has 0 aliphatic heterocycles. The predicted octanol–water partition coefficient (Wildman–Crippen LogP) is 5.60. The molecule has 9 heteroatoms. The van der Waals surface area contributed by atoms with Crippen molar-refractivity contribution in [1.82, 2.24) is 19.2 Å². The molecule has 0 fully saturated rings. The minimum absolute atomic E-state index is 0.0547. The first-order valence-electron chi connectivity index (χ1n) is 9.57. The predicted molar refractivity (Wildman–Crippen MR) is 121 cm³/mol. The number of benzene rings is 1. The number of thioether (sulfide) groups is 1. The molecule has 1 aliphatic rings. The fraction of sp³-hybridized carbons (Fsp3) is 0.350. The van der Waals surface area contributed by atoms with Crippen molar-refractivity contribution in [1.29, 1.82) is 0 Å². The van der Waals surface area contributed by atoms with Crippen molar-refractivity contribution >= 4 is 62.3 Å². The van der Waals surface area contributed by atoms with E-state index in [1.54, 1.807) is 33.7 Å². The van der Waals surface area contributed by atoms with Gasteiger partial charge in [0.25, 0.3) is 5.56 Å². The molecule has 150 valence electrons. The van der Waals surface area contributed by atoms with Gasteiger partial charge < -0.3 is 0 Å². The highest BCUT2D eigenvalue weighted by Gasteiger charge is 2.24. The van der Waals surface area contributed by atoms with E-state index in [1.165, 1.54) is 16.9 Å². The van der Waals surface area contributed by atoms with E-state index in [-0.39, 0.29) is 5.56 Å². The molecule has 4 aromatic rings. The van der Waals surface area contributed by atoms with E-state index in [4.69, 9.17) is 23.2 Å². The summed E-state index contributed by atoms with van der Waals surface area (Å²) in [6, 6.07) is 5.52. The fourth-order valence-electron chi connectivity index (χ4n) is 3.93. The maximum atomic E-state index is 13.2. The first kappa shape index (κ1) is 19.4. The van der Waals surface area contributed by atoms with E-state index < -0.39 is 0 Å². The summed E-state index contributed by atoms with van der Waals surface area (Å²) in [5.41, 5.74) is 2.28. The highest BCUT2D eigenvalue weighted by Crippen LogP contribution is 2.37. The Labute approximate surface area is 185 Å². The largest absolute Gasteiger partial charge is 0.277 e. The molecule has 3 aromatic heterocycles. The van der Waals surface area contributed by atoms with E-state index in [9.17, 15) is 4.79 Å². The van der Waals surface area contributed by atoms with Crippen molar-refractivity contribution in [2.75, 3.05) is 0 Å². The molecular formula is C20H18Cl2N4OS2. The van der Waals surface area contributed by atoms with Gasteiger partial charge in [-0.1, -0.05) is 41.0 Å². The van der Waals surface area contributed by atoms with Crippen molar-refractivity contribution in [3.63, 3.8) is 0 Å². The molecule has 5 rings (SSSR count). The van der Waals surface area contributed by atoms with E-state index in [1.807, 2.05) is 19.1 Å². The highest BCUT2D eigenvalue weighted by atomic mass is 35.5. The van der Waals surface area contributed by atoms with Crippen LogP contribution in [0.1, 0.15) is 35.8 Å². The van der Waals surface area contributed by atoms with Gasteiger partial charge in [-0.3, -0.25) is 9.36 Å². The van der Waals surface area contributed by atoms with Gasteiger partial charge in [-0.05, 0) is 55.9 Å². The third-order valence-corrected chi connectivity index (χ3v) is 8.20. The number of aromatic nitrogens is 4. The van der Waals surface area contributed by atoms with E-state index in [0.717, 1.165) is 40.2 Å². The van der Waals surface area contributed by atoms with Gasteiger partial charge in [0.15, 0.2) is 5.16 Å². The molecule has 1 aliphatic carbocycles. The van der Waals surface area contributed by atoms with Crippen molar-refractivity contribution in [2.45, 2.75) is 50.1 Å². The molecule has 0 saturated heterocycles. The minimum atomic E-state index is 0.0547. The number of halogens is 2. The maximum absolute atomic E-state index is 13.2. The van der Waals surface area contributed by atoms with Gasteiger partial charge in [0.1, 0.15) is 4.83 Å². The SMILES string of the molecule is CCn1c(=O)c2c3c(sc2n2c(SCc4ccc(Cl)cc4Cl)nnc12)CCCC3. The Bertz CT molecular complexity index is 1310. The molecule has 29 heavy (non-hydrogen) atoms. The number of hydrogen-bond donors (Lipinski definition) is 0. The summed E-state index contributed by atoms with van der Waals surface area (Å²) < 4.78 is 3.79. The molecule has 3 heterocycles. The number of aryl methyl sites for hydroxylation is 3. The Kier molecular flexibility index (Phi) is 5.10. The average Bonchev–Trinajstić information content (AvgIpc) is 3.29. The van der Waals surface area contributed by atoms with Crippen molar-refractivity contribution in [2.24, 2.45) is 0 Å². The standard InChI is InChI=1S/C20H18Cl2N4OS2/c1-2-25-17(27)16-13-5-3-4-6-15(13)29-18(16)26-19(25)23-24-20(26)28-10-11-7-8-12(21)9-14(11)22/h7-9H,2-6,10H2,1H3. The quantitative estimate of drug-likeness (QED) is 0.368. The van der Waals surface area contributed by atoms with Crippen LogP contribution in [0.5, 0.6) is 0 Å². The van der Waals surface area contributed by atoms with Gasteiger partial charge in [0.2, 0.25) is 5.78 Å². The van der Waals surface area contributed by atoms with E-state index in [2.05, 4.69) is 14.6 Å². The summed E-state index contributed by atoms with van der Waals surface area (Å²) in [6.45, 7) is 2.54. The summed E-state index contributed by atoms with van der Waals surface area (Å²) >= 11 is 15.6. The van der Waals surface area contributed by atoms with Crippen LogP contribution in [0.4, 0.5) is 0 Å². The second-order valence-electron chi connectivity index (χ2n) is 7.08. The lowest BCUT2D eigenvalue weighted by Crippen LogP contribution is -2.22. The molecule has 5 nitrogen and oxygen atoms in total. The van der Waals surface area contributed by atoms with Crippen LogP contribution >= 0.6 is 46.3 Å². The van der Waals surface area contributed by atoms with Crippen molar-refractivity contribution in [3.05, 3.63) is 54.6 Å². The molecule has 1 aromatic carbocycles. The fourth-order valence-corrected chi connectivity index (χ4v) is 6.86. The Morgan fingerprint density at radius 2 is 2.03 bits per heavy atom. The highest BCUT2D eigenvalue weighted by molar-refractivity contribution is 7.98. The summed E-state index contributed by atoms with van der Waals surface area (Å²) in [4.78, 5) is 15.5. The van der Waals surface area contributed by atoms with Crippen LogP contribution in [-0.2, 0) is 25.1 Å². The lowest BCUT2D eigenvalue weighted by molar-refractivity contribution is 0.696. The molecule has 0 amide bonds. The van der Waals surface area contributed by atoms with Gasteiger partial charge in [-0.2, -0.15) is 0 Å². The third kappa shape index (κ3) is 3.19. The van der Waals surface area contributed by atoms with Crippen LogP contribution in [-0.4, -0.2) is 19.2 Å². The van der Waals surface area contributed by atoms with Gasteiger partial charge >= 0.3 is 0 Å². The zero-order valence-corrected chi connectivity index (χ0v) is 18.9. The van der Waals surface area contributed by atoms with Crippen molar-refractivity contribution < 1.29 is 0 Å². The first-order chi connectivity index (χ1) is 14.1. The van der Waals surface area contributed by atoms with Gasteiger partial charge in [-0.15, -0.1) is 21.5 Å². The van der Waals surface area contributed by atoms with Crippen LogP contribution < -0.4 is 5.56 Å². The Balaban J connectivity index is 1.67. The molecular weight excluding hydrogens is 447 g/mol. The zero-order valence-electron chi connectivity index (χ0n) is 15.7. The zero-order chi connectivity index (χ0) is 20.1. The van der Waals surface area contributed by atoms with Crippen molar-refractivity contribution in [3.8, 4) is 0 Å². The first-order valence-corrected chi connectivity index (χ1v) is 12.1. The average molecular weight is 465 g/mol. The number of fused-ring (bicyclic) bond motifs is 5. The summed E-state index contributed by atoms with van der Waals surface area (Å²) in [5, 5.41) is 11.7. The van der Waals surface area contributed by atoms with Crippen LogP contribution in [0.15, 0.2) is 28.2 Å². The number of thiophene rings is 1. The third-order valence-electron chi connectivity index (χ3n) is 5.36. The van der Waals surface area contributed by atoms with Gasteiger partial charge in [0, 0.05) is 27.2 Å². The molecule has 0 saturated carbocycles. The maximum Gasteiger partial charge on any atom is 0.263 e. The van der Waals surface area contributed by atoms with Crippen LogP contribution in [0.3, 0.4) is 0 Å². The monoisotopic (exact) mass is 464 g/mol. The molecule has 0 radical (unpaired) electrons. The van der Waals surface area contributed by atoms with E-state index in [0.29, 0.717) is 28.1 Å². The topological polar surface area (TPSA) is 52.2 Å². The normalized spacial score (nSPS) is 14.0. The Hall–Kier alpha value is -1.54. The number of hydrogen-bond acceptors (Lipinski definition) is 5. The van der Waals surface area contributed by atoms with Gasteiger partial charge in [-0.25, -0.2) is 4.40 Å². The minimum Gasteiger partial charge on any atom is -0.277 e. The second-order valence-corrected chi connectivity index (χ2v) is 9.95. The lowest BCUT2D eigenvalue weighted by Gasteiger charge is -2.11. The molecule has 0 atom stereocenters. The van der Waals surface area contributed by atoms with Crippen LogP contribution in [0, 0.1) is 0 Å². The van der Waals surface area contributed by atoms with Gasteiger partial charge in [0.05, 0.1) is 5.39 Å². The Morgan fingerprint density at radius 3 is 2.83 bits per heavy atom. The summed E-state index contributed by atoms with van der Waals surface area (Å²) in [6.07, 6.45) is 4.35. The second kappa shape index (κ2) is 7.61. The van der Waals surface area contributed by atoms with E-state index >= 15 is 0 Å². The van der Waals surface area contributed by atoms with Crippen LogP contribution in [0.25, 0.3) is 16.0 Å².